The monoisotopic (exact) mass is 327 g/mol. The highest BCUT2D eigenvalue weighted by atomic mass is 16.5. The minimum absolute atomic E-state index is 0.140. The molecular formula is C18H21N3O3. The molecule has 1 atom stereocenters. The topological polar surface area (TPSA) is 88.1 Å². The summed E-state index contributed by atoms with van der Waals surface area (Å²) in [6.07, 6.45) is 0.655. The van der Waals surface area contributed by atoms with Crippen molar-refractivity contribution in [1.29, 1.82) is 5.26 Å². The van der Waals surface area contributed by atoms with Gasteiger partial charge in [-0.2, -0.15) is 5.26 Å². The van der Waals surface area contributed by atoms with E-state index in [4.69, 9.17) is 9.15 Å². The zero-order chi connectivity index (χ0) is 17.7. The number of aromatic nitrogens is 1. The molecule has 0 radical (unpaired) electrons. The number of amides is 1. The van der Waals surface area contributed by atoms with Crippen LogP contribution in [0.2, 0.25) is 0 Å². The third-order valence-electron chi connectivity index (χ3n) is 3.48. The van der Waals surface area contributed by atoms with Gasteiger partial charge in [-0.25, -0.2) is 4.98 Å². The standard InChI is InChI=1S/C18H21N3O3/c1-11(2)9-16-20-12(3)17(24-16)18(22)21-14(10-19)13-7-5-6-8-15(13)23-4/h5-8,11,14H,9H2,1-4H3,(H,21,22). The first kappa shape index (κ1) is 17.5. The third-order valence-corrected chi connectivity index (χ3v) is 3.48. The zero-order valence-corrected chi connectivity index (χ0v) is 14.3. The van der Waals surface area contributed by atoms with Crippen molar-refractivity contribution < 1.29 is 13.9 Å². The Kier molecular flexibility index (Phi) is 5.59. The van der Waals surface area contributed by atoms with E-state index in [0.717, 1.165) is 0 Å². The number of methoxy groups -OCH3 is 1. The van der Waals surface area contributed by atoms with E-state index in [1.165, 1.54) is 7.11 Å². The highest BCUT2D eigenvalue weighted by Crippen LogP contribution is 2.25. The average molecular weight is 327 g/mol. The Morgan fingerprint density at radius 2 is 2.12 bits per heavy atom. The summed E-state index contributed by atoms with van der Waals surface area (Å²) < 4.78 is 10.8. The first-order valence-corrected chi connectivity index (χ1v) is 7.76. The molecule has 2 aromatic rings. The van der Waals surface area contributed by atoms with Crippen molar-refractivity contribution in [3.63, 3.8) is 0 Å². The highest BCUT2D eigenvalue weighted by Gasteiger charge is 2.23. The van der Waals surface area contributed by atoms with Gasteiger partial charge >= 0.3 is 0 Å². The predicted octanol–water partition coefficient (Wildman–Crippen LogP) is 3.18. The van der Waals surface area contributed by atoms with Crippen molar-refractivity contribution in [1.82, 2.24) is 10.3 Å². The third kappa shape index (κ3) is 3.93. The zero-order valence-electron chi connectivity index (χ0n) is 14.3. The molecule has 1 N–H and O–H groups in total. The maximum Gasteiger partial charge on any atom is 0.290 e. The van der Waals surface area contributed by atoms with Crippen molar-refractivity contribution in [2.45, 2.75) is 33.2 Å². The number of nitriles is 1. The number of hydrogen-bond donors (Lipinski definition) is 1. The van der Waals surface area contributed by atoms with Crippen molar-refractivity contribution in [2.24, 2.45) is 5.92 Å². The summed E-state index contributed by atoms with van der Waals surface area (Å²) in [5.41, 5.74) is 1.11. The van der Waals surface area contributed by atoms with Gasteiger partial charge in [0.1, 0.15) is 11.8 Å². The van der Waals surface area contributed by atoms with Gasteiger partial charge in [0, 0.05) is 12.0 Å². The lowest BCUT2D eigenvalue weighted by Crippen LogP contribution is -2.28. The molecule has 0 aliphatic heterocycles. The van der Waals surface area contributed by atoms with E-state index in [9.17, 15) is 10.1 Å². The normalized spacial score (nSPS) is 11.8. The fraction of sp³-hybridized carbons (Fsp3) is 0.389. The second kappa shape index (κ2) is 7.64. The van der Waals surface area contributed by atoms with Gasteiger partial charge in [-0.05, 0) is 18.9 Å². The number of hydrogen-bond acceptors (Lipinski definition) is 5. The van der Waals surface area contributed by atoms with Gasteiger partial charge in [0.15, 0.2) is 5.89 Å². The van der Waals surface area contributed by atoms with Crippen molar-refractivity contribution in [3.05, 3.63) is 47.2 Å². The molecule has 1 amide bonds. The van der Waals surface area contributed by atoms with Gasteiger partial charge in [-0.1, -0.05) is 32.0 Å². The van der Waals surface area contributed by atoms with Gasteiger partial charge < -0.3 is 14.5 Å². The molecule has 1 unspecified atom stereocenters. The number of para-hydroxylation sites is 1. The Balaban J connectivity index is 2.21. The summed E-state index contributed by atoms with van der Waals surface area (Å²) in [6, 6.07) is 8.31. The number of aryl methyl sites for hydroxylation is 1. The van der Waals surface area contributed by atoms with E-state index >= 15 is 0 Å². The Morgan fingerprint density at radius 1 is 1.42 bits per heavy atom. The van der Waals surface area contributed by atoms with Crippen LogP contribution >= 0.6 is 0 Å². The van der Waals surface area contributed by atoms with E-state index in [-0.39, 0.29) is 5.76 Å². The number of carbonyl (C=O) groups is 1. The van der Waals surface area contributed by atoms with Crippen LogP contribution in [0.5, 0.6) is 5.75 Å². The summed E-state index contributed by atoms with van der Waals surface area (Å²) in [5, 5.41) is 12.1. The number of nitrogens with zero attached hydrogens (tertiary/aromatic N) is 2. The number of nitrogens with one attached hydrogen (secondary N) is 1. The minimum atomic E-state index is -0.841. The van der Waals surface area contributed by atoms with Gasteiger partial charge in [-0.15, -0.1) is 0 Å². The second-order valence-corrected chi connectivity index (χ2v) is 5.90. The fourth-order valence-corrected chi connectivity index (χ4v) is 2.38. The molecule has 6 heteroatoms. The van der Waals surface area contributed by atoms with E-state index in [1.807, 2.05) is 13.8 Å². The predicted molar refractivity (Wildman–Crippen MR) is 88.6 cm³/mol. The first-order valence-electron chi connectivity index (χ1n) is 7.76. The molecule has 0 fully saturated rings. The quantitative estimate of drug-likeness (QED) is 0.880. The van der Waals surface area contributed by atoms with Gasteiger partial charge in [0.2, 0.25) is 5.76 Å². The molecule has 0 bridgehead atoms. The summed E-state index contributed by atoms with van der Waals surface area (Å²) in [7, 11) is 1.52. The summed E-state index contributed by atoms with van der Waals surface area (Å²) >= 11 is 0. The molecule has 0 aliphatic carbocycles. The summed E-state index contributed by atoms with van der Waals surface area (Å²) in [6.45, 7) is 5.81. The molecule has 126 valence electrons. The molecular weight excluding hydrogens is 306 g/mol. The van der Waals surface area contributed by atoms with Crippen LogP contribution in [0, 0.1) is 24.2 Å². The highest BCUT2D eigenvalue weighted by molar-refractivity contribution is 5.93. The Bertz CT molecular complexity index is 759. The largest absolute Gasteiger partial charge is 0.496 e. The summed E-state index contributed by atoms with van der Waals surface area (Å²) in [4.78, 5) is 16.7. The molecule has 0 aliphatic rings. The second-order valence-electron chi connectivity index (χ2n) is 5.90. The maximum atomic E-state index is 12.5. The SMILES string of the molecule is COc1ccccc1C(C#N)NC(=O)c1oc(CC(C)C)nc1C. The molecule has 24 heavy (non-hydrogen) atoms. The number of benzene rings is 1. The van der Waals surface area contributed by atoms with Crippen LogP contribution in [0.4, 0.5) is 0 Å². The van der Waals surface area contributed by atoms with E-state index < -0.39 is 11.9 Å². The molecule has 0 saturated carbocycles. The maximum absolute atomic E-state index is 12.5. The molecule has 1 heterocycles. The van der Waals surface area contributed by atoms with Crippen LogP contribution < -0.4 is 10.1 Å². The number of ether oxygens (including phenoxy) is 1. The van der Waals surface area contributed by atoms with Gasteiger partial charge in [-0.3, -0.25) is 4.79 Å². The minimum Gasteiger partial charge on any atom is -0.496 e. The molecule has 0 saturated heterocycles. The molecule has 2 rings (SSSR count). The van der Waals surface area contributed by atoms with E-state index in [0.29, 0.717) is 35.2 Å². The molecule has 0 spiro atoms. The smallest absolute Gasteiger partial charge is 0.290 e. The van der Waals surface area contributed by atoms with Crippen molar-refractivity contribution >= 4 is 5.91 Å². The molecule has 1 aromatic carbocycles. The lowest BCUT2D eigenvalue weighted by atomic mass is 10.1. The fourth-order valence-electron chi connectivity index (χ4n) is 2.38. The van der Waals surface area contributed by atoms with Crippen LogP contribution in [-0.2, 0) is 6.42 Å². The van der Waals surface area contributed by atoms with Crippen molar-refractivity contribution in [3.8, 4) is 11.8 Å². The Hall–Kier alpha value is -2.81. The lowest BCUT2D eigenvalue weighted by Gasteiger charge is -2.14. The van der Waals surface area contributed by atoms with E-state index in [1.54, 1.807) is 31.2 Å². The van der Waals surface area contributed by atoms with Crippen LogP contribution in [0.15, 0.2) is 28.7 Å². The van der Waals surface area contributed by atoms with Crippen LogP contribution in [-0.4, -0.2) is 18.0 Å². The average Bonchev–Trinajstić information content (AvgIpc) is 2.92. The summed E-state index contributed by atoms with van der Waals surface area (Å²) in [5.74, 6) is 1.12. The van der Waals surface area contributed by atoms with Gasteiger partial charge in [0.25, 0.3) is 5.91 Å². The van der Waals surface area contributed by atoms with Crippen LogP contribution in [0.1, 0.15) is 47.6 Å². The number of oxazole rings is 1. The van der Waals surface area contributed by atoms with E-state index in [2.05, 4.69) is 16.4 Å². The van der Waals surface area contributed by atoms with Crippen LogP contribution in [0.3, 0.4) is 0 Å². The Labute approximate surface area is 141 Å². The molecule has 1 aromatic heterocycles. The number of rotatable bonds is 6. The lowest BCUT2D eigenvalue weighted by molar-refractivity contribution is 0.0914. The Morgan fingerprint density at radius 3 is 2.75 bits per heavy atom. The van der Waals surface area contributed by atoms with Crippen molar-refractivity contribution in [2.75, 3.05) is 7.11 Å². The van der Waals surface area contributed by atoms with Gasteiger partial charge in [0.05, 0.1) is 18.9 Å². The van der Waals surface area contributed by atoms with Crippen LogP contribution in [0.25, 0.3) is 0 Å². The number of carbonyl (C=O) groups excluding carboxylic acids is 1. The molecule has 6 nitrogen and oxygen atoms in total. The first-order chi connectivity index (χ1) is 11.5.